The average Bonchev–Trinajstić information content (AvgIpc) is 3.39. The van der Waals surface area contributed by atoms with Crippen molar-refractivity contribution in [2.75, 3.05) is 17.3 Å². The first kappa shape index (κ1) is 28.4. The highest BCUT2D eigenvalue weighted by Gasteiger charge is 2.38. The molecular weight excluding hydrogens is 561 g/mol. The second kappa shape index (κ2) is 13.0. The molecule has 4 aromatic rings. The summed E-state index contributed by atoms with van der Waals surface area (Å²) in [5.41, 5.74) is 3.03. The molecule has 1 aliphatic rings. The van der Waals surface area contributed by atoms with E-state index in [1.807, 2.05) is 54.6 Å². The molecule has 6 nitrogen and oxygen atoms in total. The van der Waals surface area contributed by atoms with Crippen molar-refractivity contribution >= 4 is 46.5 Å². The smallest absolute Gasteiger partial charge is 0.312 e. The Kier molecular flexibility index (Phi) is 9.02. The molecule has 2 atom stereocenters. The fourth-order valence-electron chi connectivity index (χ4n) is 4.73. The van der Waals surface area contributed by atoms with E-state index in [-0.39, 0.29) is 37.0 Å². The SMILES string of the molecule is O=C(O[C@@H](CCCl)C(=O)c1ccc(Cl)cc1)[C@@H]1CC(=O)N(c2ccc(Oc3ccccc3-c3ccccc3)cc2)C1. The van der Waals surface area contributed by atoms with Crippen LogP contribution >= 0.6 is 23.2 Å². The average molecular weight is 588 g/mol. The first-order valence-corrected chi connectivity index (χ1v) is 14.1. The number of para-hydroxylation sites is 1. The van der Waals surface area contributed by atoms with Crippen LogP contribution in [-0.2, 0) is 14.3 Å². The highest BCUT2D eigenvalue weighted by atomic mass is 35.5. The Morgan fingerprint density at radius 2 is 1.56 bits per heavy atom. The van der Waals surface area contributed by atoms with Gasteiger partial charge in [-0.05, 0) is 60.2 Å². The minimum absolute atomic E-state index is 0.00966. The van der Waals surface area contributed by atoms with Gasteiger partial charge in [0.15, 0.2) is 6.10 Å². The van der Waals surface area contributed by atoms with E-state index in [4.69, 9.17) is 32.7 Å². The van der Waals surface area contributed by atoms with Crippen LogP contribution in [0.25, 0.3) is 11.1 Å². The van der Waals surface area contributed by atoms with Crippen LogP contribution in [0.3, 0.4) is 0 Å². The lowest BCUT2D eigenvalue weighted by atomic mass is 10.0. The summed E-state index contributed by atoms with van der Waals surface area (Å²) in [5, 5.41) is 0.494. The quantitative estimate of drug-likeness (QED) is 0.109. The highest BCUT2D eigenvalue weighted by molar-refractivity contribution is 6.30. The van der Waals surface area contributed by atoms with Gasteiger partial charge in [-0.25, -0.2) is 0 Å². The van der Waals surface area contributed by atoms with Crippen molar-refractivity contribution < 1.29 is 23.9 Å². The maximum Gasteiger partial charge on any atom is 0.312 e. The number of hydrogen-bond donors (Lipinski definition) is 0. The number of benzene rings is 4. The lowest BCUT2D eigenvalue weighted by Gasteiger charge is -2.19. The lowest BCUT2D eigenvalue weighted by molar-refractivity contribution is -0.151. The molecule has 41 heavy (non-hydrogen) atoms. The zero-order valence-corrected chi connectivity index (χ0v) is 23.6. The molecule has 1 amide bonds. The summed E-state index contributed by atoms with van der Waals surface area (Å²) < 4.78 is 11.8. The van der Waals surface area contributed by atoms with Crippen molar-refractivity contribution in [1.82, 2.24) is 0 Å². The first-order valence-electron chi connectivity index (χ1n) is 13.2. The predicted molar refractivity (Wildman–Crippen MR) is 160 cm³/mol. The Morgan fingerprint density at radius 1 is 0.878 bits per heavy atom. The molecule has 8 heteroatoms. The van der Waals surface area contributed by atoms with Crippen molar-refractivity contribution in [3.63, 3.8) is 0 Å². The van der Waals surface area contributed by atoms with E-state index in [0.29, 0.717) is 27.8 Å². The Morgan fingerprint density at radius 3 is 2.27 bits per heavy atom. The number of halogens is 2. The van der Waals surface area contributed by atoms with Crippen LogP contribution in [0.1, 0.15) is 23.2 Å². The molecule has 0 aromatic heterocycles. The molecule has 0 saturated carbocycles. The topological polar surface area (TPSA) is 72.9 Å². The van der Waals surface area contributed by atoms with Crippen LogP contribution < -0.4 is 9.64 Å². The molecule has 0 unspecified atom stereocenters. The molecule has 0 N–H and O–H groups in total. The summed E-state index contributed by atoms with van der Waals surface area (Å²) in [6.07, 6.45) is -0.890. The third-order valence-electron chi connectivity index (χ3n) is 6.86. The van der Waals surface area contributed by atoms with Crippen LogP contribution in [0.15, 0.2) is 103 Å². The molecule has 1 heterocycles. The summed E-state index contributed by atoms with van der Waals surface area (Å²) in [4.78, 5) is 40.4. The summed E-state index contributed by atoms with van der Waals surface area (Å²) in [6.45, 7) is 0.150. The molecule has 0 spiro atoms. The third kappa shape index (κ3) is 6.79. The number of amides is 1. The van der Waals surface area contributed by atoms with Gasteiger partial charge in [-0.3, -0.25) is 14.4 Å². The second-order valence-electron chi connectivity index (χ2n) is 9.64. The molecule has 1 aliphatic heterocycles. The van der Waals surface area contributed by atoms with E-state index in [1.54, 1.807) is 53.4 Å². The number of nitrogens with zero attached hydrogens (tertiary/aromatic N) is 1. The maximum atomic E-state index is 13.0. The van der Waals surface area contributed by atoms with Gasteiger partial charge in [0.25, 0.3) is 0 Å². The fourth-order valence-corrected chi connectivity index (χ4v) is 5.05. The van der Waals surface area contributed by atoms with Gasteiger partial charge in [-0.15, -0.1) is 11.6 Å². The second-order valence-corrected chi connectivity index (χ2v) is 10.5. The summed E-state index contributed by atoms with van der Waals surface area (Å²) >= 11 is 11.8. The molecule has 5 rings (SSSR count). The number of carbonyl (C=O) groups excluding carboxylic acids is 3. The van der Waals surface area contributed by atoms with Gasteiger partial charge in [-0.2, -0.15) is 0 Å². The number of ketones is 1. The molecule has 0 aliphatic carbocycles. The summed E-state index contributed by atoms with van der Waals surface area (Å²) in [5.74, 6) is -0.399. The number of ether oxygens (including phenoxy) is 2. The van der Waals surface area contributed by atoms with Crippen LogP contribution in [0.4, 0.5) is 5.69 Å². The van der Waals surface area contributed by atoms with Crippen molar-refractivity contribution in [2.45, 2.75) is 18.9 Å². The van der Waals surface area contributed by atoms with Crippen LogP contribution in [0.2, 0.25) is 5.02 Å². The molecule has 1 fully saturated rings. The van der Waals surface area contributed by atoms with Gasteiger partial charge in [-0.1, -0.05) is 60.1 Å². The van der Waals surface area contributed by atoms with Crippen LogP contribution in [0.5, 0.6) is 11.5 Å². The van der Waals surface area contributed by atoms with Crippen molar-refractivity contribution in [3.05, 3.63) is 114 Å². The normalized spacial score (nSPS) is 15.4. The Bertz CT molecular complexity index is 1520. The number of hydrogen-bond acceptors (Lipinski definition) is 5. The van der Waals surface area contributed by atoms with E-state index >= 15 is 0 Å². The van der Waals surface area contributed by atoms with Gasteiger partial charge in [0.05, 0.1) is 5.92 Å². The van der Waals surface area contributed by atoms with Crippen LogP contribution in [-0.4, -0.2) is 36.2 Å². The molecule has 208 valence electrons. The Balaban J connectivity index is 1.24. The van der Waals surface area contributed by atoms with Crippen molar-refractivity contribution in [3.8, 4) is 22.6 Å². The van der Waals surface area contributed by atoms with Gasteiger partial charge in [0.2, 0.25) is 11.7 Å². The minimum Gasteiger partial charge on any atom is -0.457 e. The number of esters is 1. The molecular formula is C33H27Cl2NO5. The standard InChI is InChI=1S/C33H27Cl2NO5/c34-19-18-30(32(38)23-10-12-25(35)13-11-23)41-33(39)24-20-31(37)36(21-24)26-14-16-27(17-15-26)40-29-9-5-4-8-28(29)22-6-2-1-3-7-22/h1-17,24,30H,18-21H2/t24-,30+/m1/s1. The lowest BCUT2D eigenvalue weighted by Crippen LogP contribution is -2.32. The molecule has 0 bridgehead atoms. The molecule has 4 aromatic carbocycles. The van der Waals surface area contributed by atoms with E-state index in [2.05, 4.69) is 0 Å². The number of carbonyl (C=O) groups is 3. The molecule has 0 radical (unpaired) electrons. The van der Waals surface area contributed by atoms with Crippen molar-refractivity contribution in [2.24, 2.45) is 5.92 Å². The number of Topliss-reactive ketones (excluding diaryl/α,β-unsaturated/α-hetero) is 1. The van der Waals surface area contributed by atoms with E-state index in [0.717, 1.165) is 11.1 Å². The maximum absolute atomic E-state index is 13.0. The van der Waals surface area contributed by atoms with Gasteiger partial charge < -0.3 is 14.4 Å². The summed E-state index contributed by atoms with van der Waals surface area (Å²) in [7, 11) is 0. The third-order valence-corrected chi connectivity index (χ3v) is 7.33. The minimum atomic E-state index is -1.04. The number of anilines is 1. The van der Waals surface area contributed by atoms with Gasteiger partial charge >= 0.3 is 5.97 Å². The van der Waals surface area contributed by atoms with E-state index < -0.39 is 18.0 Å². The van der Waals surface area contributed by atoms with Crippen LogP contribution in [0, 0.1) is 5.92 Å². The highest BCUT2D eigenvalue weighted by Crippen LogP contribution is 2.34. The zero-order valence-electron chi connectivity index (χ0n) is 22.0. The van der Waals surface area contributed by atoms with E-state index in [1.165, 1.54) is 0 Å². The van der Waals surface area contributed by atoms with E-state index in [9.17, 15) is 14.4 Å². The summed E-state index contributed by atoms with van der Waals surface area (Å²) in [6, 6.07) is 31.3. The largest absolute Gasteiger partial charge is 0.457 e. The predicted octanol–water partition coefficient (Wildman–Crippen LogP) is 7.58. The number of alkyl halides is 1. The Labute approximate surface area is 248 Å². The molecule has 1 saturated heterocycles. The van der Waals surface area contributed by atoms with Gasteiger partial charge in [0.1, 0.15) is 11.5 Å². The Hall–Kier alpha value is -4.13. The zero-order chi connectivity index (χ0) is 28.8. The fraction of sp³-hybridized carbons (Fsp3) is 0.182. The van der Waals surface area contributed by atoms with Crippen molar-refractivity contribution in [1.29, 1.82) is 0 Å². The monoisotopic (exact) mass is 587 g/mol. The number of rotatable bonds is 10. The first-order chi connectivity index (χ1) is 19.9. The van der Waals surface area contributed by atoms with Gasteiger partial charge in [0, 0.05) is 47.1 Å².